The van der Waals surface area contributed by atoms with Crippen LogP contribution in [0.2, 0.25) is 0 Å². The van der Waals surface area contributed by atoms with Crippen molar-refractivity contribution in [1.29, 1.82) is 0 Å². The van der Waals surface area contributed by atoms with Gasteiger partial charge in [-0.15, -0.1) is 0 Å². The fraction of sp³-hybridized carbons (Fsp3) is 0. The average Bonchev–Trinajstić information content (AvgIpc) is 2.03. The van der Waals surface area contributed by atoms with Crippen molar-refractivity contribution < 1.29 is 4.79 Å². The van der Waals surface area contributed by atoms with Crippen molar-refractivity contribution in [2.24, 2.45) is 10.8 Å². The molecular weight excluding hydrogens is 281 g/mol. The number of urea groups is 1. The standard InChI is InChI=1S/C8H8IN3O/c9-7-3-1-2-6(4-7)5-11-12-8(10)13/h1-5H,(H3,10,12,13)/b11-5-. The predicted molar refractivity (Wildman–Crippen MR) is 59.5 cm³/mol. The molecule has 0 bridgehead atoms. The summed E-state index contributed by atoms with van der Waals surface area (Å²) in [4.78, 5) is 10.3. The third-order valence-electron chi connectivity index (χ3n) is 1.24. The van der Waals surface area contributed by atoms with E-state index in [1.165, 1.54) is 6.21 Å². The molecule has 3 N–H and O–H groups in total. The Bertz CT molecular complexity index is 338. The van der Waals surface area contributed by atoms with E-state index in [9.17, 15) is 4.79 Å². The third-order valence-corrected chi connectivity index (χ3v) is 1.91. The molecule has 0 saturated heterocycles. The van der Waals surface area contributed by atoms with Crippen molar-refractivity contribution in [1.82, 2.24) is 5.43 Å². The summed E-state index contributed by atoms with van der Waals surface area (Å²) in [5.41, 5.74) is 7.86. The lowest BCUT2D eigenvalue weighted by atomic mass is 10.2. The lowest BCUT2D eigenvalue weighted by Crippen LogP contribution is -2.24. The van der Waals surface area contributed by atoms with Gasteiger partial charge in [-0.05, 0) is 40.3 Å². The van der Waals surface area contributed by atoms with Crippen LogP contribution in [-0.4, -0.2) is 12.2 Å². The van der Waals surface area contributed by atoms with Crippen molar-refractivity contribution in [2.75, 3.05) is 0 Å². The Hall–Kier alpha value is -1.11. The number of rotatable bonds is 2. The van der Waals surface area contributed by atoms with Gasteiger partial charge >= 0.3 is 6.03 Å². The zero-order valence-corrected chi connectivity index (χ0v) is 8.86. The van der Waals surface area contributed by atoms with Gasteiger partial charge in [0.05, 0.1) is 6.21 Å². The van der Waals surface area contributed by atoms with Crippen molar-refractivity contribution in [2.45, 2.75) is 0 Å². The number of nitrogens with two attached hydrogens (primary N) is 1. The third kappa shape index (κ3) is 3.88. The molecule has 0 spiro atoms. The topological polar surface area (TPSA) is 67.5 Å². The van der Waals surface area contributed by atoms with E-state index < -0.39 is 6.03 Å². The Balaban J connectivity index is 2.63. The quantitative estimate of drug-likeness (QED) is 0.481. The molecule has 0 unspecified atom stereocenters. The van der Waals surface area contributed by atoms with Crippen molar-refractivity contribution in [3.8, 4) is 0 Å². The number of primary amides is 1. The van der Waals surface area contributed by atoms with Gasteiger partial charge in [-0.1, -0.05) is 12.1 Å². The number of hydrazone groups is 1. The molecule has 0 aliphatic heterocycles. The van der Waals surface area contributed by atoms with E-state index in [1.807, 2.05) is 24.3 Å². The number of carbonyl (C=O) groups is 1. The summed E-state index contributed by atoms with van der Waals surface area (Å²) in [6.45, 7) is 0. The Morgan fingerprint density at radius 1 is 1.62 bits per heavy atom. The maximum atomic E-state index is 10.3. The van der Waals surface area contributed by atoms with Gasteiger partial charge in [-0.3, -0.25) is 0 Å². The highest BCUT2D eigenvalue weighted by atomic mass is 127. The van der Waals surface area contributed by atoms with E-state index in [-0.39, 0.29) is 0 Å². The molecule has 13 heavy (non-hydrogen) atoms. The molecule has 1 aromatic rings. The average molecular weight is 289 g/mol. The highest BCUT2D eigenvalue weighted by Gasteiger charge is 1.89. The molecule has 4 nitrogen and oxygen atoms in total. The number of halogens is 1. The molecule has 0 aliphatic carbocycles. The second kappa shape index (κ2) is 4.80. The van der Waals surface area contributed by atoms with Crippen LogP contribution in [-0.2, 0) is 0 Å². The normalized spacial score (nSPS) is 10.2. The first kappa shape index (κ1) is 9.97. The molecule has 68 valence electrons. The van der Waals surface area contributed by atoms with E-state index in [0.29, 0.717) is 0 Å². The van der Waals surface area contributed by atoms with Gasteiger partial charge in [-0.2, -0.15) is 5.10 Å². The van der Waals surface area contributed by atoms with Crippen LogP contribution in [0.3, 0.4) is 0 Å². The molecule has 2 amide bonds. The molecule has 0 saturated carbocycles. The summed E-state index contributed by atoms with van der Waals surface area (Å²) in [5, 5.41) is 3.63. The second-order valence-corrected chi connectivity index (χ2v) is 3.53. The van der Waals surface area contributed by atoms with Crippen LogP contribution in [0.4, 0.5) is 4.79 Å². The van der Waals surface area contributed by atoms with Crippen LogP contribution in [0.25, 0.3) is 0 Å². The summed E-state index contributed by atoms with van der Waals surface area (Å²) in [5.74, 6) is 0. The maximum Gasteiger partial charge on any atom is 0.332 e. The van der Waals surface area contributed by atoms with Gasteiger partial charge in [0.1, 0.15) is 0 Å². The van der Waals surface area contributed by atoms with Crippen molar-refractivity contribution in [3.05, 3.63) is 33.4 Å². The smallest absolute Gasteiger partial charge is 0.332 e. The highest BCUT2D eigenvalue weighted by Crippen LogP contribution is 2.05. The van der Waals surface area contributed by atoms with Gasteiger partial charge in [-0.25, -0.2) is 10.2 Å². The number of nitrogens with zero attached hydrogens (tertiary/aromatic N) is 1. The maximum absolute atomic E-state index is 10.3. The number of amides is 2. The van der Waals surface area contributed by atoms with Gasteiger partial charge in [0, 0.05) is 3.57 Å². The van der Waals surface area contributed by atoms with Crippen molar-refractivity contribution in [3.63, 3.8) is 0 Å². The molecule has 0 fully saturated rings. The minimum absolute atomic E-state index is 0.665. The molecule has 0 radical (unpaired) electrons. The summed E-state index contributed by atoms with van der Waals surface area (Å²) in [7, 11) is 0. The highest BCUT2D eigenvalue weighted by molar-refractivity contribution is 14.1. The molecule has 0 heterocycles. The number of nitrogens with one attached hydrogen (secondary N) is 1. The summed E-state index contributed by atoms with van der Waals surface area (Å²) < 4.78 is 1.11. The first-order valence-electron chi connectivity index (χ1n) is 3.52. The van der Waals surface area contributed by atoms with Gasteiger partial charge in [0.2, 0.25) is 0 Å². The number of benzene rings is 1. The van der Waals surface area contributed by atoms with E-state index in [4.69, 9.17) is 5.73 Å². The minimum Gasteiger partial charge on any atom is -0.350 e. The first-order valence-corrected chi connectivity index (χ1v) is 4.60. The second-order valence-electron chi connectivity index (χ2n) is 2.29. The molecule has 0 atom stereocenters. The SMILES string of the molecule is NC(=O)N/N=C\c1cccc(I)c1. The van der Waals surface area contributed by atoms with Crippen LogP contribution < -0.4 is 11.2 Å². The Labute approximate surface area is 89.3 Å². The van der Waals surface area contributed by atoms with Gasteiger partial charge in [0.25, 0.3) is 0 Å². The minimum atomic E-state index is -0.665. The lowest BCUT2D eigenvalue weighted by Gasteiger charge is -1.93. The summed E-state index contributed by atoms with van der Waals surface area (Å²) >= 11 is 2.20. The fourth-order valence-electron chi connectivity index (χ4n) is 0.757. The molecule has 5 heteroatoms. The number of hydrogen-bond donors (Lipinski definition) is 2. The fourth-order valence-corrected chi connectivity index (χ4v) is 1.32. The van der Waals surface area contributed by atoms with Gasteiger partial charge < -0.3 is 5.73 Å². The van der Waals surface area contributed by atoms with E-state index in [1.54, 1.807) is 0 Å². The van der Waals surface area contributed by atoms with Crippen LogP contribution >= 0.6 is 22.6 Å². The molecule has 1 aromatic carbocycles. The summed E-state index contributed by atoms with van der Waals surface area (Å²) in [6, 6.07) is 7.04. The number of hydrogen-bond acceptors (Lipinski definition) is 2. The molecular formula is C8H8IN3O. The van der Waals surface area contributed by atoms with Crippen LogP contribution in [0.15, 0.2) is 29.4 Å². The van der Waals surface area contributed by atoms with E-state index in [0.717, 1.165) is 9.13 Å². The zero-order valence-electron chi connectivity index (χ0n) is 6.70. The Kier molecular flexibility index (Phi) is 3.69. The molecule has 0 aliphatic rings. The monoisotopic (exact) mass is 289 g/mol. The lowest BCUT2D eigenvalue weighted by molar-refractivity contribution is 0.249. The van der Waals surface area contributed by atoms with E-state index >= 15 is 0 Å². The molecule has 1 rings (SSSR count). The van der Waals surface area contributed by atoms with Gasteiger partial charge in [0.15, 0.2) is 0 Å². The first-order chi connectivity index (χ1) is 6.18. The molecule has 0 aromatic heterocycles. The predicted octanol–water partition coefficient (Wildman–Crippen LogP) is 1.29. The number of carbonyl (C=O) groups excluding carboxylic acids is 1. The zero-order chi connectivity index (χ0) is 9.68. The largest absolute Gasteiger partial charge is 0.350 e. The van der Waals surface area contributed by atoms with Crippen LogP contribution in [0, 0.1) is 3.57 Å². The summed E-state index contributed by atoms with van der Waals surface area (Å²) in [6.07, 6.45) is 1.53. The van der Waals surface area contributed by atoms with E-state index in [2.05, 4.69) is 33.1 Å². The Morgan fingerprint density at radius 2 is 2.38 bits per heavy atom. The Morgan fingerprint density at radius 3 is 3.00 bits per heavy atom. The van der Waals surface area contributed by atoms with Crippen molar-refractivity contribution >= 4 is 34.8 Å². The van der Waals surface area contributed by atoms with Crippen LogP contribution in [0.5, 0.6) is 0 Å². The van der Waals surface area contributed by atoms with Crippen LogP contribution in [0.1, 0.15) is 5.56 Å².